The minimum absolute atomic E-state index is 0.158. The van der Waals surface area contributed by atoms with Crippen molar-refractivity contribution in [2.75, 3.05) is 6.61 Å². The highest BCUT2D eigenvalue weighted by Crippen LogP contribution is 2.25. The van der Waals surface area contributed by atoms with E-state index < -0.39 is 10.1 Å². The predicted octanol–water partition coefficient (Wildman–Crippen LogP) is 8.00. The molecule has 168 valence electrons. The Labute approximate surface area is 180 Å². The fourth-order valence-corrected chi connectivity index (χ4v) is 5.02. The summed E-state index contributed by atoms with van der Waals surface area (Å²) in [4.78, 5) is 0.320. The molecule has 0 amide bonds. The van der Waals surface area contributed by atoms with Crippen LogP contribution in [0.2, 0.25) is 0 Å². The van der Waals surface area contributed by atoms with Gasteiger partial charge in [-0.05, 0) is 24.0 Å². The Morgan fingerprint density at radius 1 is 0.724 bits per heavy atom. The second kappa shape index (κ2) is 15.9. The standard InChI is InChI=1S/C25H44O3S/c1-4-5-6-7-8-9-10-11-12-13-14-15-16-19-22-28-29(26,27)25-21-18-17-20-24(25)23(2)3/h17-18,20-21,23H,4-16,19,22H2,1-3H3. The maximum Gasteiger partial charge on any atom is 0.297 e. The minimum Gasteiger partial charge on any atom is -0.266 e. The van der Waals surface area contributed by atoms with Crippen molar-refractivity contribution in [2.24, 2.45) is 0 Å². The van der Waals surface area contributed by atoms with E-state index in [9.17, 15) is 8.42 Å². The van der Waals surface area contributed by atoms with Crippen molar-refractivity contribution in [3.63, 3.8) is 0 Å². The smallest absolute Gasteiger partial charge is 0.266 e. The molecule has 29 heavy (non-hydrogen) atoms. The fraction of sp³-hybridized carbons (Fsp3) is 0.760. The molecule has 0 spiro atoms. The molecule has 0 aliphatic carbocycles. The summed E-state index contributed by atoms with van der Waals surface area (Å²) in [5.41, 5.74) is 0.827. The van der Waals surface area contributed by atoms with Gasteiger partial charge >= 0.3 is 0 Å². The lowest BCUT2D eigenvalue weighted by molar-refractivity contribution is 0.305. The van der Waals surface area contributed by atoms with Crippen LogP contribution in [-0.2, 0) is 14.3 Å². The van der Waals surface area contributed by atoms with E-state index in [-0.39, 0.29) is 12.5 Å². The van der Waals surface area contributed by atoms with Gasteiger partial charge in [0.05, 0.1) is 11.5 Å². The van der Waals surface area contributed by atoms with Crippen LogP contribution in [0.25, 0.3) is 0 Å². The molecule has 0 aliphatic heterocycles. The summed E-state index contributed by atoms with van der Waals surface area (Å²) in [5, 5.41) is 0. The van der Waals surface area contributed by atoms with Crippen LogP contribution in [0.5, 0.6) is 0 Å². The molecule has 4 heteroatoms. The monoisotopic (exact) mass is 424 g/mol. The van der Waals surface area contributed by atoms with Crippen LogP contribution in [0.4, 0.5) is 0 Å². The molecule has 0 fully saturated rings. The van der Waals surface area contributed by atoms with Gasteiger partial charge in [-0.15, -0.1) is 0 Å². The Morgan fingerprint density at radius 3 is 1.66 bits per heavy atom. The molecule has 1 aromatic rings. The first-order valence-corrected chi connectivity index (χ1v) is 13.4. The predicted molar refractivity (Wildman–Crippen MR) is 124 cm³/mol. The molecule has 0 heterocycles. The van der Waals surface area contributed by atoms with Crippen molar-refractivity contribution < 1.29 is 12.6 Å². The Bertz CT molecular complexity index is 623. The molecule has 0 bridgehead atoms. The van der Waals surface area contributed by atoms with Crippen LogP contribution in [0, 0.1) is 0 Å². The van der Waals surface area contributed by atoms with Gasteiger partial charge in [-0.3, -0.25) is 4.18 Å². The second-order valence-electron chi connectivity index (χ2n) is 8.56. The first-order valence-electron chi connectivity index (χ1n) is 12.0. The van der Waals surface area contributed by atoms with Gasteiger partial charge in [0, 0.05) is 0 Å². The molecule has 1 aromatic carbocycles. The Hall–Kier alpha value is -0.870. The molecule has 3 nitrogen and oxygen atoms in total. The molecule has 1 rings (SSSR count). The number of unbranched alkanes of at least 4 members (excludes halogenated alkanes) is 13. The van der Waals surface area contributed by atoms with E-state index in [1.807, 2.05) is 26.0 Å². The van der Waals surface area contributed by atoms with E-state index >= 15 is 0 Å². The third kappa shape index (κ3) is 11.8. The molecule has 0 radical (unpaired) electrons. The van der Waals surface area contributed by atoms with E-state index in [0.29, 0.717) is 4.90 Å². The number of rotatable bonds is 18. The number of hydrogen-bond donors (Lipinski definition) is 0. The van der Waals surface area contributed by atoms with Crippen LogP contribution in [0.3, 0.4) is 0 Å². The van der Waals surface area contributed by atoms with Crippen LogP contribution >= 0.6 is 0 Å². The van der Waals surface area contributed by atoms with E-state index in [1.54, 1.807) is 12.1 Å². The maximum absolute atomic E-state index is 12.5. The molecule has 0 saturated heterocycles. The van der Waals surface area contributed by atoms with Crippen molar-refractivity contribution in [1.82, 2.24) is 0 Å². The highest BCUT2D eigenvalue weighted by atomic mass is 32.2. The topological polar surface area (TPSA) is 43.4 Å². The SMILES string of the molecule is CCCCCCCCCCCCCCCCOS(=O)(=O)c1ccccc1C(C)C. The third-order valence-corrected chi connectivity index (χ3v) is 6.93. The number of benzene rings is 1. The first kappa shape index (κ1) is 26.2. The summed E-state index contributed by atoms with van der Waals surface area (Å²) < 4.78 is 30.2. The van der Waals surface area contributed by atoms with Crippen molar-refractivity contribution in [3.8, 4) is 0 Å². The highest BCUT2D eigenvalue weighted by Gasteiger charge is 2.20. The van der Waals surface area contributed by atoms with Crippen molar-refractivity contribution in [1.29, 1.82) is 0 Å². The Balaban J connectivity index is 2.03. The molecule has 0 aromatic heterocycles. The zero-order valence-electron chi connectivity index (χ0n) is 19.1. The van der Waals surface area contributed by atoms with Gasteiger partial charge in [-0.1, -0.05) is 122 Å². The largest absolute Gasteiger partial charge is 0.297 e. The Morgan fingerprint density at radius 2 is 1.17 bits per heavy atom. The van der Waals surface area contributed by atoms with Gasteiger partial charge in [-0.25, -0.2) is 0 Å². The summed E-state index contributed by atoms with van der Waals surface area (Å²) in [5.74, 6) is 0.158. The lowest BCUT2D eigenvalue weighted by Gasteiger charge is -2.13. The van der Waals surface area contributed by atoms with Gasteiger partial charge in [0.1, 0.15) is 0 Å². The van der Waals surface area contributed by atoms with Crippen LogP contribution in [0.1, 0.15) is 122 Å². The summed E-state index contributed by atoms with van der Waals surface area (Å²) in [6, 6.07) is 7.15. The average molecular weight is 425 g/mol. The van der Waals surface area contributed by atoms with Gasteiger partial charge in [0.15, 0.2) is 0 Å². The lowest BCUT2D eigenvalue weighted by atomic mass is 10.0. The average Bonchev–Trinajstić information content (AvgIpc) is 2.70. The van der Waals surface area contributed by atoms with Gasteiger partial charge < -0.3 is 0 Å². The molecule has 0 unspecified atom stereocenters. The first-order chi connectivity index (χ1) is 14.0. The van der Waals surface area contributed by atoms with Crippen molar-refractivity contribution in [3.05, 3.63) is 29.8 Å². The third-order valence-electron chi connectivity index (χ3n) is 5.55. The summed E-state index contributed by atoms with van der Waals surface area (Å²) in [6.45, 7) is 6.55. The van der Waals surface area contributed by atoms with Gasteiger partial charge in [0.2, 0.25) is 0 Å². The lowest BCUT2D eigenvalue weighted by Crippen LogP contribution is -2.10. The molecule has 0 N–H and O–H groups in total. The molecule has 0 saturated carbocycles. The number of hydrogen-bond acceptors (Lipinski definition) is 3. The molecule has 0 aliphatic rings. The minimum atomic E-state index is -3.65. The quantitative estimate of drug-likeness (QED) is 0.177. The van der Waals surface area contributed by atoms with E-state index in [4.69, 9.17) is 4.18 Å². The van der Waals surface area contributed by atoms with Gasteiger partial charge in [0.25, 0.3) is 10.1 Å². The van der Waals surface area contributed by atoms with Crippen LogP contribution in [0.15, 0.2) is 29.2 Å². The van der Waals surface area contributed by atoms with E-state index in [0.717, 1.165) is 18.4 Å². The Kier molecular flexibility index (Phi) is 14.3. The van der Waals surface area contributed by atoms with Crippen LogP contribution in [-0.4, -0.2) is 15.0 Å². The fourth-order valence-electron chi connectivity index (χ4n) is 3.71. The summed E-state index contributed by atoms with van der Waals surface area (Å²) in [6.07, 6.45) is 18.0. The zero-order valence-corrected chi connectivity index (χ0v) is 19.9. The molecular weight excluding hydrogens is 380 g/mol. The van der Waals surface area contributed by atoms with Crippen molar-refractivity contribution in [2.45, 2.75) is 121 Å². The van der Waals surface area contributed by atoms with E-state index in [1.165, 1.54) is 77.0 Å². The molecule has 0 atom stereocenters. The molecular formula is C25H44O3S. The van der Waals surface area contributed by atoms with E-state index in [2.05, 4.69) is 6.92 Å². The van der Waals surface area contributed by atoms with Gasteiger partial charge in [-0.2, -0.15) is 8.42 Å². The normalized spacial score (nSPS) is 12.0. The highest BCUT2D eigenvalue weighted by molar-refractivity contribution is 7.86. The summed E-state index contributed by atoms with van der Waals surface area (Å²) in [7, 11) is -3.65. The zero-order chi connectivity index (χ0) is 21.4. The van der Waals surface area contributed by atoms with Crippen LogP contribution < -0.4 is 0 Å². The second-order valence-corrected chi connectivity index (χ2v) is 10.1. The summed E-state index contributed by atoms with van der Waals surface area (Å²) >= 11 is 0. The van der Waals surface area contributed by atoms with Crippen molar-refractivity contribution >= 4 is 10.1 Å². The maximum atomic E-state index is 12.5.